The van der Waals surface area contributed by atoms with E-state index in [0.29, 0.717) is 0 Å². The van der Waals surface area contributed by atoms with Gasteiger partial charge in [0.15, 0.2) is 29.6 Å². The van der Waals surface area contributed by atoms with Gasteiger partial charge in [0, 0.05) is 17.3 Å². The van der Waals surface area contributed by atoms with Crippen LogP contribution in [-0.2, 0) is 0 Å². The van der Waals surface area contributed by atoms with Crippen LogP contribution in [0, 0.1) is 29.1 Å². The first kappa shape index (κ1) is 14.4. The molecule has 2 rings (SSSR count). The van der Waals surface area contributed by atoms with E-state index in [1.807, 2.05) is 0 Å². The Morgan fingerprint density at radius 2 is 1.45 bits per heavy atom. The highest BCUT2D eigenvalue weighted by Gasteiger charge is 2.27. The number of rotatable bonds is 2. The molecule has 2 aromatic rings. The first-order chi connectivity index (χ1) is 9.38. The van der Waals surface area contributed by atoms with Crippen molar-refractivity contribution in [1.82, 2.24) is 4.98 Å². The molecule has 104 valence electrons. The lowest BCUT2D eigenvalue weighted by molar-refractivity contribution is 0.112. The summed E-state index contributed by atoms with van der Waals surface area (Å²) < 4.78 is 66.4. The van der Waals surface area contributed by atoms with Crippen LogP contribution >= 0.6 is 11.6 Å². The topological polar surface area (TPSA) is 30.0 Å². The molecule has 0 bridgehead atoms. The lowest BCUT2D eigenvalue weighted by Crippen LogP contribution is -2.05. The molecule has 0 unspecified atom stereocenters. The molecule has 2 nitrogen and oxygen atoms in total. The quantitative estimate of drug-likeness (QED) is 0.277. The maximum atomic E-state index is 13.6. The molecule has 8 heteroatoms. The Labute approximate surface area is 113 Å². The van der Waals surface area contributed by atoms with Crippen LogP contribution in [0.1, 0.15) is 10.4 Å². The van der Waals surface area contributed by atoms with E-state index in [1.54, 1.807) is 0 Å². The molecule has 0 radical (unpaired) electrons. The predicted octanol–water partition coefficient (Wildman–Crippen LogP) is 3.91. The molecule has 0 aliphatic rings. The monoisotopic (exact) mass is 307 g/mol. The van der Waals surface area contributed by atoms with Crippen molar-refractivity contribution >= 4 is 17.9 Å². The first-order valence-corrected chi connectivity index (χ1v) is 5.38. The molecule has 20 heavy (non-hydrogen) atoms. The van der Waals surface area contributed by atoms with E-state index in [1.165, 1.54) is 0 Å². The maximum Gasteiger partial charge on any atom is 0.200 e. The first-order valence-electron chi connectivity index (χ1n) is 5.01. The number of carbonyl (C=O) groups is 1. The molecule has 0 N–H and O–H groups in total. The van der Waals surface area contributed by atoms with Crippen LogP contribution in [-0.4, -0.2) is 11.3 Å². The number of carbonyl (C=O) groups excluding carboxylic acids is 1. The third-order valence-corrected chi connectivity index (χ3v) is 2.72. The molecule has 0 saturated carbocycles. The SMILES string of the molecule is O=Cc1cc(Cl)ncc1-c1c(F)c(F)c(F)c(F)c1F. The summed E-state index contributed by atoms with van der Waals surface area (Å²) in [5.41, 5.74) is -2.13. The molecule has 0 aliphatic heterocycles. The summed E-state index contributed by atoms with van der Waals surface area (Å²) in [6.07, 6.45) is 0.922. The molecule has 1 aromatic heterocycles. The van der Waals surface area contributed by atoms with E-state index in [9.17, 15) is 26.7 Å². The van der Waals surface area contributed by atoms with Crippen molar-refractivity contribution < 1.29 is 26.7 Å². The molecule has 0 fully saturated rings. The van der Waals surface area contributed by atoms with E-state index in [0.717, 1.165) is 12.3 Å². The van der Waals surface area contributed by atoms with Crippen molar-refractivity contribution in [3.63, 3.8) is 0 Å². The van der Waals surface area contributed by atoms with Crippen molar-refractivity contribution in [2.45, 2.75) is 0 Å². The minimum absolute atomic E-state index is 0.167. The van der Waals surface area contributed by atoms with Crippen LogP contribution in [0.3, 0.4) is 0 Å². The van der Waals surface area contributed by atoms with Gasteiger partial charge in [-0.2, -0.15) is 0 Å². The Bertz CT molecular complexity index is 690. The minimum Gasteiger partial charge on any atom is -0.298 e. The molecular formula is C12H3ClF5NO. The summed E-state index contributed by atoms with van der Waals surface area (Å²) in [4.78, 5) is 14.3. The van der Waals surface area contributed by atoms with Crippen molar-refractivity contribution in [3.05, 3.63) is 52.1 Å². The van der Waals surface area contributed by atoms with Gasteiger partial charge in [0.2, 0.25) is 5.82 Å². The normalized spacial score (nSPS) is 10.7. The summed E-state index contributed by atoms with van der Waals surface area (Å²) >= 11 is 5.48. The fraction of sp³-hybridized carbons (Fsp3) is 0. The summed E-state index contributed by atoms with van der Waals surface area (Å²) in [6.45, 7) is 0. The molecule has 0 atom stereocenters. The van der Waals surface area contributed by atoms with Gasteiger partial charge in [-0.05, 0) is 6.07 Å². The summed E-state index contributed by atoms with van der Waals surface area (Å²) in [7, 11) is 0. The second kappa shape index (κ2) is 5.16. The average Bonchev–Trinajstić information content (AvgIpc) is 2.44. The number of aldehydes is 1. The van der Waals surface area contributed by atoms with Gasteiger partial charge in [0.05, 0.1) is 5.56 Å². The molecular weight excluding hydrogens is 305 g/mol. The number of halogens is 6. The number of aromatic nitrogens is 1. The van der Waals surface area contributed by atoms with Gasteiger partial charge < -0.3 is 0 Å². The molecule has 0 saturated heterocycles. The molecule has 0 amide bonds. The van der Waals surface area contributed by atoms with Crippen LogP contribution in [0.4, 0.5) is 22.0 Å². The van der Waals surface area contributed by atoms with E-state index in [2.05, 4.69) is 4.98 Å². The zero-order valence-corrected chi connectivity index (χ0v) is 10.1. The molecule has 1 heterocycles. The second-order valence-electron chi connectivity index (χ2n) is 3.66. The smallest absolute Gasteiger partial charge is 0.200 e. The van der Waals surface area contributed by atoms with Gasteiger partial charge in [-0.25, -0.2) is 26.9 Å². The maximum absolute atomic E-state index is 13.6. The Balaban J connectivity index is 2.87. The van der Waals surface area contributed by atoms with Crippen LogP contribution in [0.2, 0.25) is 5.15 Å². The molecule has 0 aliphatic carbocycles. The van der Waals surface area contributed by atoms with Gasteiger partial charge >= 0.3 is 0 Å². The van der Waals surface area contributed by atoms with Gasteiger partial charge in [-0.3, -0.25) is 4.79 Å². The average molecular weight is 308 g/mol. The minimum atomic E-state index is -2.28. The van der Waals surface area contributed by atoms with E-state index in [4.69, 9.17) is 11.6 Å². The second-order valence-corrected chi connectivity index (χ2v) is 4.04. The van der Waals surface area contributed by atoms with E-state index < -0.39 is 40.2 Å². The molecule has 1 aromatic carbocycles. The fourth-order valence-electron chi connectivity index (χ4n) is 1.59. The Kier molecular flexibility index (Phi) is 3.71. The predicted molar refractivity (Wildman–Crippen MR) is 59.9 cm³/mol. The largest absolute Gasteiger partial charge is 0.298 e. The van der Waals surface area contributed by atoms with Crippen LogP contribution in [0.5, 0.6) is 0 Å². The lowest BCUT2D eigenvalue weighted by atomic mass is 10.0. The Morgan fingerprint density at radius 3 is 1.95 bits per heavy atom. The number of hydrogen-bond donors (Lipinski definition) is 0. The van der Waals surface area contributed by atoms with Crippen molar-refractivity contribution in [1.29, 1.82) is 0 Å². The standard InChI is InChI=1S/C12H3ClF5NO/c13-6-1-4(3-20)5(2-19-6)7-8(14)10(16)12(18)11(17)9(7)15/h1-3H. The third kappa shape index (κ3) is 2.14. The van der Waals surface area contributed by atoms with Gasteiger partial charge in [0.1, 0.15) is 5.15 Å². The van der Waals surface area contributed by atoms with Crippen molar-refractivity contribution in [2.75, 3.05) is 0 Å². The van der Waals surface area contributed by atoms with Gasteiger partial charge in [0.25, 0.3) is 0 Å². The highest BCUT2D eigenvalue weighted by molar-refractivity contribution is 6.29. The number of benzene rings is 1. The summed E-state index contributed by atoms with van der Waals surface area (Å²) in [5, 5.41) is -0.167. The number of nitrogens with zero attached hydrogens (tertiary/aromatic N) is 1. The van der Waals surface area contributed by atoms with Crippen molar-refractivity contribution in [3.8, 4) is 11.1 Å². The molecule has 0 spiro atoms. The van der Waals surface area contributed by atoms with E-state index in [-0.39, 0.29) is 17.0 Å². The van der Waals surface area contributed by atoms with Gasteiger partial charge in [-0.1, -0.05) is 11.6 Å². The lowest BCUT2D eigenvalue weighted by Gasteiger charge is -2.10. The fourth-order valence-corrected chi connectivity index (χ4v) is 1.76. The zero-order chi connectivity index (χ0) is 15.0. The summed E-state index contributed by atoms with van der Waals surface area (Å²) in [5.74, 6) is -10.6. The highest BCUT2D eigenvalue weighted by Crippen LogP contribution is 2.33. The number of hydrogen-bond acceptors (Lipinski definition) is 2. The van der Waals surface area contributed by atoms with Crippen LogP contribution < -0.4 is 0 Å². The summed E-state index contributed by atoms with van der Waals surface area (Å²) in [6, 6.07) is 0.946. The Morgan fingerprint density at radius 1 is 0.950 bits per heavy atom. The number of pyridine rings is 1. The Hall–Kier alpha value is -2.02. The van der Waals surface area contributed by atoms with Crippen LogP contribution in [0.15, 0.2) is 12.3 Å². The van der Waals surface area contributed by atoms with Gasteiger partial charge in [-0.15, -0.1) is 0 Å². The van der Waals surface area contributed by atoms with Crippen molar-refractivity contribution in [2.24, 2.45) is 0 Å². The highest BCUT2D eigenvalue weighted by atomic mass is 35.5. The van der Waals surface area contributed by atoms with Crippen LogP contribution in [0.25, 0.3) is 11.1 Å². The van der Waals surface area contributed by atoms with E-state index >= 15 is 0 Å². The third-order valence-electron chi connectivity index (χ3n) is 2.51. The zero-order valence-electron chi connectivity index (χ0n) is 9.36.